The number of imidazole rings is 1. The molecule has 2 aromatic heterocycles. The minimum atomic E-state index is -3.56. The Morgan fingerprint density at radius 1 is 1.29 bits per heavy atom. The number of hydrogen-bond donors (Lipinski definition) is 0. The first kappa shape index (κ1) is 23.4. The molecule has 10 heteroatoms. The summed E-state index contributed by atoms with van der Waals surface area (Å²) >= 11 is 0. The first-order chi connectivity index (χ1) is 10.8. The molecule has 24 heavy (non-hydrogen) atoms. The SMILES string of the molecule is C[CH-]C(C)N(C(C)[CH-]C)S(=O)(=O)n1ccnc1.Cc1n[c-]on1.[Y+3]. The van der Waals surface area contributed by atoms with Crippen LogP contribution in [0.15, 0.2) is 23.2 Å². The molecular weight excluding hydrogens is 407 g/mol. The maximum Gasteiger partial charge on any atom is 3.00 e. The van der Waals surface area contributed by atoms with Gasteiger partial charge in [0.05, 0.1) is 6.39 Å². The second-order valence-corrected chi connectivity index (χ2v) is 6.55. The zero-order valence-electron chi connectivity index (χ0n) is 14.5. The molecule has 130 valence electrons. The normalized spacial score (nSPS) is 13.6. The number of hydrogen-bond acceptors (Lipinski definition) is 6. The van der Waals surface area contributed by atoms with Crippen LogP contribution in [-0.2, 0) is 42.9 Å². The summed E-state index contributed by atoms with van der Waals surface area (Å²) in [5.74, 6) is 0.620. The predicted molar refractivity (Wildman–Crippen MR) is 85.1 cm³/mol. The van der Waals surface area contributed by atoms with Crippen LogP contribution < -0.4 is 0 Å². The second kappa shape index (κ2) is 11.1. The summed E-state index contributed by atoms with van der Waals surface area (Å²) < 4.78 is 31.6. The molecule has 0 spiro atoms. The van der Waals surface area contributed by atoms with E-state index in [1.54, 1.807) is 6.92 Å². The Balaban J connectivity index is 0.000000635. The molecule has 0 saturated heterocycles. The Kier molecular flexibility index (Phi) is 10.8. The van der Waals surface area contributed by atoms with E-state index in [9.17, 15) is 8.42 Å². The smallest absolute Gasteiger partial charge is 0.459 e. The van der Waals surface area contributed by atoms with Crippen LogP contribution in [0.2, 0.25) is 0 Å². The fourth-order valence-corrected chi connectivity index (χ4v) is 3.45. The molecule has 0 radical (unpaired) electrons. The number of aryl methyl sites for hydroxylation is 1. The summed E-state index contributed by atoms with van der Waals surface area (Å²) in [4.78, 5) is 7.29. The van der Waals surface area contributed by atoms with Crippen LogP contribution in [0.5, 0.6) is 0 Å². The van der Waals surface area contributed by atoms with Gasteiger partial charge < -0.3 is 22.3 Å². The van der Waals surface area contributed by atoms with Crippen LogP contribution in [0.25, 0.3) is 0 Å². The maximum absolute atomic E-state index is 12.4. The van der Waals surface area contributed by atoms with Crippen molar-refractivity contribution < 1.29 is 45.7 Å². The van der Waals surface area contributed by atoms with E-state index in [1.165, 1.54) is 23.0 Å². The Morgan fingerprint density at radius 3 is 2.17 bits per heavy atom. The topological polar surface area (TPSA) is 94.1 Å². The fraction of sp³-hybridized carbons (Fsp3) is 0.500. The molecule has 2 aromatic rings. The zero-order chi connectivity index (χ0) is 17.5. The van der Waals surface area contributed by atoms with Gasteiger partial charge in [-0.2, -0.15) is 27.4 Å². The molecule has 0 aliphatic carbocycles. The molecule has 0 aromatic carbocycles. The molecule has 0 aliphatic rings. The van der Waals surface area contributed by atoms with Gasteiger partial charge in [-0.25, -0.2) is 13.3 Å². The van der Waals surface area contributed by atoms with E-state index < -0.39 is 10.2 Å². The van der Waals surface area contributed by atoms with Crippen molar-refractivity contribution in [1.82, 2.24) is 23.4 Å². The van der Waals surface area contributed by atoms with E-state index in [0.29, 0.717) is 5.82 Å². The Hall–Kier alpha value is -0.636. The predicted octanol–water partition coefficient (Wildman–Crippen LogP) is 1.68. The van der Waals surface area contributed by atoms with Gasteiger partial charge in [-0.05, 0) is 0 Å². The van der Waals surface area contributed by atoms with E-state index in [2.05, 4.69) is 26.0 Å². The Morgan fingerprint density at radius 2 is 1.88 bits per heavy atom. The van der Waals surface area contributed by atoms with Crippen molar-refractivity contribution in [2.24, 2.45) is 0 Å². The third kappa shape index (κ3) is 6.35. The summed E-state index contributed by atoms with van der Waals surface area (Å²) in [6.45, 7) is 9.15. The average Bonchev–Trinajstić information content (AvgIpc) is 3.20. The fourth-order valence-electron chi connectivity index (χ4n) is 1.77. The van der Waals surface area contributed by atoms with E-state index >= 15 is 0 Å². The van der Waals surface area contributed by atoms with Crippen molar-refractivity contribution in [3.63, 3.8) is 0 Å². The van der Waals surface area contributed by atoms with Crippen LogP contribution in [-0.4, -0.2) is 43.9 Å². The molecule has 0 aliphatic heterocycles. The van der Waals surface area contributed by atoms with E-state index in [4.69, 9.17) is 0 Å². The third-order valence-corrected chi connectivity index (χ3v) is 5.15. The number of nitrogens with zero attached hydrogens (tertiary/aromatic N) is 5. The van der Waals surface area contributed by atoms with Gasteiger partial charge in [-0.15, -0.1) is 12.1 Å². The van der Waals surface area contributed by atoms with Gasteiger partial charge in [-0.1, -0.05) is 20.8 Å². The van der Waals surface area contributed by atoms with Crippen LogP contribution in [0.4, 0.5) is 0 Å². The minimum absolute atomic E-state index is 0. The van der Waals surface area contributed by atoms with Crippen molar-refractivity contribution >= 4 is 10.2 Å². The molecule has 0 bridgehead atoms. The van der Waals surface area contributed by atoms with Gasteiger partial charge in [0.2, 0.25) is 0 Å². The largest absolute Gasteiger partial charge is 3.00 e. The molecule has 2 rings (SSSR count). The van der Waals surface area contributed by atoms with Gasteiger partial charge in [0.25, 0.3) is 0 Å². The molecule has 2 heterocycles. The average molecular weight is 429 g/mol. The van der Waals surface area contributed by atoms with E-state index in [0.717, 1.165) is 3.97 Å². The van der Waals surface area contributed by atoms with Crippen LogP contribution >= 0.6 is 0 Å². The Bertz CT molecular complexity index is 636. The standard InChI is InChI=1S/C11H19N3O2S.C3H3N2O.Y/c1-5-10(3)14(11(4)6-2)17(15,16)13-8-7-12-9-13;1-3-4-2-6-5-3;/h5-11H,1-4H3;1H3;/q-2;-1;+3. The summed E-state index contributed by atoms with van der Waals surface area (Å²) in [6, 6.07) is -0.345. The molecule has 0 N–H and O–H groups in total. The van der Waals surface area contributed by atoms with Crippen molar-refractivity contribution in [3.05, 3.63) is 43.8 Å². The molecule has 8 nitrogen and oxygen atoms in total. The van der Waals surface area contributed by atoms with Crippen LogP contribution in [0.3, 0.4) is 0 Å². The summed E-state index contributed by atoms with van der Waals surface area (Å²) in [5.41, 5.74) is 0. The molecular formula is C14H22N5O3SY. The second-order valence-electron chi connectivity index (χ2n) is 4.81. The van der Waals surface area contributed by atoms with Crippen molar-refractivity contribution in [2.45, 2.75) is 46.7 Å². The van der Waals surface area contributed by atoms with Crippen molar-refractivity contribution in [3.8, 4) is 0 Å². The van der Waals surface area contributed by atoms with Gasteiger partial charge in [-0.3, -0.25) is 0 Å². The third-order valence-electron chi connectivity index (χ3n) is 3.21. The molecule has 0 saturated carbocycles. The number of aromatic nitrogens is 4. The monoisotopic (exact) mass is 429 g/mol. The quantitative estimate of drug-likeness (QED) is 0.649. The first-order valence-electron chi connectivity index (χ1n) is 7.11. The van der Waals surface area contributed by atoms with Gasteiger partial charge in [0.15, 0.2) is 0 Å². The van der Waals surface area contributed by atoms with Crippen LogP contribution in [0.1, 0.15) is 33.5 Å². The Labute approximate surface area is 169 Å². The maximum atomic E-state index is 12.4. The molecule has 0 fully saturated rings. The van der Waals surface area contributed by atoms with E-state index in [1.807, 2.05) is 40.5 Å². The van der Waals surface area contributed by atoms with Gasteiger partial charge in [0, 0.05) is 18.2 Å². The molecule has 0 amide bonds. The summed E-state index contributed by atoms with van der Waals surface area (Å²) in [6.07, 6.45) is 10.1. The van der Waals surface area contributed by atoms with Crippen molar-refractivity contribution in [2.75, 3.05) is 0 Å². The molecule has 2 atom stereocenters. The van der Waals surface area contributed by atoms with Crippen molar-refractivity contribution in [1.29, 1.82) is 0 Å². The summed E-state index contributed by atoms with van der Waals surface area (Å²) in [5, 5.41) is 3.38. The first-order valence-corrected chi connectivity index (χ1v) is 8.51. The van der Waals surface area contributed by atoms with E-state index in [-0.39, 0.29) is 44.8 Å². The zero-order valence-corrected chi connectivity index (χ0v) is 18.1. The summed E-state index contributed by atoms with van der Waals surface area (Å²) in [7, 11) is -3.56. The minimum Gasteiger partial charge on any atom is -0.459 e. The van der Waals surface area contributed by atoms with Gasteiger partial charge >= 0.3 is 42.9 Å². The van der Waals surface area contributed by atoms with Crippen LogP contribution in [0, 0.1) is 26.2 Å². The van der Waals surface area contributed by atoms with Gasteiger partial charge in [0.1, 0.15) is 6.33 Å². The molecule has 2 unspecified atom stereocenters. The number of rotatable bonds is 6.